The Hall–Kier alpha value is -1.86. The topological polar surface area (TPSA) is 65.0 Å². The van der Waals surface area contributed by atoms with E-state index in [-0.39, 0.29) is 0 Å². The Morgan fingerprint density at radius 1 is 1.15 bits per heavy atom. The highest BCUT2D eigenvalue weighted by Gasteiger charge is 2.17. The standard InChI is InChI=1S/C19H32N6O/c1-16-5-6-17(18(23-16)25-8-3-4-9-25)15-22-19(20-2)21-7-10-24-11-13-26-14-12-24/h5-6H,3-4,7-15H2,1-2H3,(H2,20,21,22). The molecule has 0 aliphatic carbocycles. The summed E-state index contributed by atoms with van der Waals surface area (Å²) in [4.78, 5) is 14.0. The minimum absolute atomic E-state index is 0.732. The van der Waals surface area contributed by atoms with Gasteiger partial charge in [0, 0.05) is 64.1 Å². The summed E-state index contributed by atoms with van der Waals surface area (Å²) in [7, 11) is 1.82. The Labute approximate surface area is 156 Å². The van der Waals surface area contributed by atoms with E-state index in [1.165, 1.54) is 18.4 Å². The Kier molecular flexibility index (Phi) is 7.08. The van der Waals surface area contributed by atoms with Crippen LogP contribution in [0.3, 0.4) is 0 Å². The second-order valence-electron chi connectivity index (χ2n) is 6.94. The number of aryl methyl sites for hydroxylation is 1. The smallest absolute Gasteiger partial charge is 0.191 e. The number of hydrogen-bond acceptors (Lipinski definition) is 5. The van der Waals surface area contributed by atoms with E-state index < -0.39 is 0 Å². The van der Waals surface area contributed by atoms with E-state index in [0.717, 1.165) is 76.5 Å². The summed E-state index contributed by atoms with van der Waals surface area (Å²) < 4.78 is 5.39. The fourth-order valence-electron chi connectivity index (χ4n) is 3.47. The maximum atomic E-state index is 5.39. The molecule has 0 unspecified atom stereocenters. The fourth-order valence-corrected chi connectivity index (χ4v) is 3.47. The number of aliphatic imine (C=N–C) groups is 1. The zero-order valence-corrected chi connectivity index (χ0v) is 16.1. The summed E-state index contributed by atoms with van der Waals surface area (Å²) in [6.45, 7) is 10.6. The quantitative estimate of drug-likeness (QED) is 0.583. The molecule has 2 aliphatic heterocycles. The van der Waals surface area contributed by atoms with Crippen molar-refractivity contribution in [1.82, 2.24) is 20.5 Å². The maximum absolute atomic E-state index is 5.39. The van der Waals surface area contributed by atoms with Crippen molar-refractivity contribution in [3.8, 4) is 0 Å². The van der Waals surface area contributed by atoms with Gasteiger partial charge in [0.1, 0.15) is 5.82 Å². The molecule has 2 saturated heterocycles. The lowest BCUT2D eigenvalue weighted by atomic mass is 10.2. The van der Waals surface area contributed by atoms with E-state index in [9.17, 15) is 0 Å². The number of nitrogens with zero attached hydrogens (tertiary/aromatic N) is 4. The van der Waals surface area contributed by atoms with E-state index in [2.05, 4.69) is 44.5 Å². The molecular formula is C19H32N6O. The Morgan fingerprint density at radius 3 is 2.65 bits per heavy atom. The van der Waals surface area contributed by atoms with Crippen LogP contribution in [-0.4, -0.2) is 75.4 Å². The molecule has 7 heteroatoms. The van der Waals surface area contributed by atoms with Crippen LogP contribution in [0.1, 0.15) is 24.1 Å². The van der Waals surface area contributed by atoms with E-state index >= 15 is 0 Å². The second-order valence-corrected chi connectivity index (χ2v) is 6.94. The fraction of sp³-hybridized carbons (Fsp3) is 0.684. The first-order valence-corrected chi connectivity index (χ1v) is 9.72. The molecule has 2 N–H and O–H groups in total. The van der Waals surface area contributed by atoms with Crippen molar-refractivity contribution in [2.24, 2.45) is 4.99 Å². The third-order valence-electron chi connectivity index (χ3n) is 4.99. The third-order valence-corrected chi connectivity index (χ3v) is 4.99. The van der Waals surface area contributed by atoms with Crippen molar-refractivity contribution in [3.05, 3.63) is 23.4 Å². The van der Waals surface area contributed by atoms with Crippen molar-refractivity contribution < 1.29 is 4.74 Å². The number of aromatic nitrogens is 1. The van der Waals surface area contributed by atoms with Crippen molar-refractivity contribution in [3.63, 3.8) is 0 Å². The predicted molar refractivity (Wildman–Crippen MR) is 106 cm³/mol. The van der Waals surface area contributed by atoms with Gasteiger partial charge in [-0.1, -0.05) is 6.07 Å². The highest BCUT2D eigenvalue weighted by molar-refractivity contribution is 5.79. The first-order chi connectivity index (χ1) is 12.8. The number of nitrogens with one attached hydrogen (secondary N) is 2. The molecule has 7 nitrogen and oxygen atoms in total. The third kappa shape index (κ3) is 5.32. The molecule has 3 rings (SSSR count). The number of guanidine groups is 1. The van der Waals surface area contributed by atoms with E-state index in [0.29, 0.717) is 0 Å². The largest absolute Gasteiger partial charge is 0.379 e. The van der Waals surface area contributed by atoms with Crippen LogP contribution in [0.2, 0.25) is 0 Å². The molecule has 26 heavy (non-hydrogen) atoms. The lowest BCUT2D eigenvalue weighted by molar-refractivity contribution is 0.0389. The van der Waals surface area contributed by atoms with Crippen molar-refractivity contribution in [2.45, 2.75) is 26.3 Å². The van der Waals surface area contributed by atoms with Crippen LogP contribution in [0.25, 0.3) is 0 Å². The minimum Gasteiger partial charge on any atom is -0.379 e. The van der Waals surface area contributed by atoms with Gasteiger partial charge in [-0.15, -0.1) is 0 Å². The SMILES string of the molecule is CN=C(NCCN1CCOCC1)NCc1ccc(C)nc1N1CCCC1. The van der Waals surface area contributed by atoms with Crippen LogP contribution >= 0.6 is 0 Å². The van der Waals surface area contributed by atoms with Gasteiger partial charge in [-0.2, -0.15) is 0 Å². The van der Waals surface area contributed by atoms with Crippen molar-refractivity contribution >= 4 is 11.8 Å². The number of pyridine rings is 1. The summed E-state index contributed by atoms with van der Waals surface area (Å²) in [5.74, 6) is 1.96. The molecule has 2 fully saturated rings. The van der Waals surface area contributed by atoms with Gasteiger partial charge >= 0.3 is 0 Å². The van der Waals surface area contributed by atoms with Gasteiger partial charge in [0.25, 0.3) is 0 Å². The number of hydrogen-bond donors (Lipinski definition) is 2. The summed E-state index contributed by atoms with van der Waals surface area (Å²) in [5, 5.41) is 6.85. The minimum atomic E-state index is 0.732. The number of morpholine rings is 1. The monoisotopic (exact) mass is 360 g/mol. The lowest BCUT2D eigenvalue weighted by Crippen LogP contribution is -2.44. The highest BCUT2D eigenvalue weighted by Crippen LogP contribution is 2.22. The molecule has 0 amide bonds. The molecule has 144 valence electrons. The number of ether oxygens (including phenoxy) is 1. The molecular weight excluding hydrogens is 328 g/mol. The van der Waals surface area contributed by atoms with Crippen LogP contribution in [0.5, 0.6) is 0 Å². The van der Waals surface area contributed by atoms with Crippen LogP contribution in [0.15, 0.2) is 17.1 Å². The van der Waals surface area contributed by atoms with Gasteiger partial charge in [0.2, 0.25) is 0 Å². The van der Waals surface area contributed by atoms with Crippen LogP contribution in [0, 0.1) is 6.92 Å². The molecule has 0 atom stereocenters. The van der Waals surface area contributed by atoms with Gasteiger partial charge in [0.15, 0.2) is 5.96 Å². The average Bonchev–Trinajstić information content (AvgIpc) is 3.20. The van der Waals surface area contributed by atoms with Gasteiger partial charge in [-0.05, 0) is 25.8 Å². The normalized spacial score (nSPS) is 19.0. The molecule has 3 heterocycles. The molecule has 0 bridgehead atoms. The number of rotatable bonds is 6. The summed E-state index contributed by atoms with van der Waals surface area (Å²) in [6.07, 6.45) is 2.51. The predicted octanol–water partition coefficient (Wildman–Crippen LogP) is 0.987. The summed E-state index contributed by atoms with van der Waals surface area (Å²) >= 11 is 0. The van der Waals surface area contributed by atoms with Gasteiger partial charge in [0.05, 0.1) is 13.2 Å². The van der Waals surface area contributed by atoms with Crippen molar-refractivity contribution in [2.75, 3.05) is 64.4 Å². The van der Waals surface area contributed by atoms with Gasteiger partial charge in [-0.25, -0.2) is 4.98 Å². The molecule has 1 aromatic rings. The molecule has 1 aromatic heterocycles. The van der Waals surface area contributed by atoms with Gasteiger partial charge in [-0.3, -0.25) is 9.89 Å². The van der Waals surface area contributed by atoms with Crippen LogP contribution in [0.4, 0.5) is 5.82 Å². The molecule has 0 spiro atoms. The number of anilines is 1. The van der Waals surface area contributed by atoms with E-state index in [4.69, 9.17) is 9.72 Å². The molecule has 0 radical (unpaired) electrons. The maximum Gasteiger partial charge on any atom is 0.191 e. The first kappa shape index (κ1) is 18.9. The highest BCUT2D eigenvalue weighted by atomic mass is 16.5. The Morgan fingerprint density at radius 2 is 1.92 bits per heavy atom. The lowest BCUT2D eigenvalue weighted by Gasteiger charge is -2.26. The summed E-state index contributed by atoms with van der Waals surface area (Å²) in [5.41, 5.74) is 2.30. The Bertz CT molecular complexity index is 594. The molecule has 0 saturated carbocycles. The van der Waals surface area contributed by atoms with Gasteiger partial charge < -0.3 is 20.3 Å². The van der Waals surface area contributed by atoms with E-state index in [1.54, 1.807) is 0 Å². The molecule has 2 aliphatic rings. The van der Waals surface area contributed by atoms with E-state index in [1.807, 2.05) is 7.05 Å². The zero-order valence-electron chi connectivity index (χ0n) is 16.1. The van der Waals surface area contributed by atoms with Crippen LogP contribution < -0.4 is 15.5 Å². The average molecular weight is 361 g/mol. The second kappa shape index (κ2) is 9.73. The molecule has 0 aromatic carbocycles. The first-order valence-electron chi connectivity index (χ1n) is 9.72. The van der Waals surface area contributed by atoms with Crippen molar-refractivity contribution in [1.29, 1.82) is 0 Å². The van der Waals surface area contributed by atoms with Crippen LogP contribution in [-0.2, 0) is 11.3 Å². The summed E-state index contributed by atoms with van der Waals surface area (Å²) in [6, 6.07) is 4.27. The zero-order chi connectivity index (χ0) is 18.2. The Balaban J connectivity index is 1.50.